The highest BCUT2D eigenvalue weighted by Crippen LogP contribution is 2.21. The molecule has 0 amide bonds. The van der Waals surface area contributed by atoms with Gasteiger partial charge in [0.05, 0.1) is 6.20 Å². The predicted molar refractivity (Wildman–Crippen MR) is 86.5 cm³/mol. The third-order valence-corrected chi connectivity index (χ3v) is 4.02. The smallest absolute Gasteiger partial charge is 0.0522 e. The van der Waals surface area contributed by atoms with Crippen molar-refractivity contribution in [3.05, 3.63) is 46.0 Å². The minimum Gasteiger partial charge on any atom is -0.310 e. The monoisotopic (exact) mass is 286 g/mol. The zero-order valence-corrected chi connectivity index (χ0v) is 13.7. The molecule has 0 fully saturated rings. The number of hydrogen-bond donors (Lipinski definition) is 2. The van der Waals surface area contributed by atoms with Gasteiger partial charge in [0.1, 0.15) is 0 Å². The maximum Gasteiger partial charge on any atom is 0.0522 e. The number of rotatable bonds is 6. The molecule has 2 heterocycles. The standard InChI is InChI=1S/C17H26N4/c1-11-9-12(2)20-15(5)17(11)14(4)18-8-6-7-16-10-19-21-13(16)3/h9-10,14,18H,6-8H2,1-5H3,(H,19,21). The van der Waals surface area contributed by atoms with Gasteiger partial charge in [-0.2, -0.15) is 5.10 Å². The van der Waals surface area contributed by atoms with Gasteiger partial charge in [-0.1, -0.05) is 0 Å². The summed E-state index contributed by atoms with van der Waals surface area (Å²) in [6.07, 6.45) is 4.10. The highest BCUT2D eigenvalue weighted by Gasteiger charge is 2.12. The van der Waals surface area contributed by atoms with Gasteiger partial charge in [-0.15, -0.1) is 0 Å². The Morgan fingerprint density at radius 1 is 1.24 bits per heavy atom. The lowest BCUT2D eigenvalue weighted by Gasteiger charge is -2.19. The van der Waals surface area contributed by atoms with Crippen LogP contribution in [0.5, 0.6) is 0 Å². The van der Waals surface area contributed by atoms with Crippen LogP contribution in [0.4, 0.5) is 0 Å². The van der Waals surface area contributed by atoms with Crippen LogP contribution in [0.25, 0.3) is 0 Å². The molecule has 2 rings (SSSR count). The summed E-state index contributed by atoms with van der Waals surface area (Å²) in [7, 11) is 0. The number of aromatic amines is 1. The minimum atomic E-state index is 0.337. The summed E-state index contributed by atoms with van der Waals surface area (Å²) < 4.78 is 0. The van der Waals surface area contributed by atoms with Gasteiger partial charge in [0.2, 0.25) is 0 Å². The molecule has 2 aromatic rings. The summed E-state index contributed by atoms with van der Waals surface area (Å²) in [6, 6.07) is 2.50. The third kappa shape index (κ3) is 3.91. The van der Waals surface area contributed by atoms with E-state index in [2.05, 4.69) is 61.2 Å². The fraction of sp³-hybridized carbons (Fsp3) is 0.529. The van der Waals surface area contributed by atoms with E-state index in [0.29, 0.717) is 6.04 Å². The zero-order chi connectivity index (χ0) is 15.4. The van der Waals surface area contributed by atoms with E-state index in [1.165, 1.54) is 22.4 Å². The second-order valence-electron chi connectivity index (χ2n) is 5.88. The molecule has 0 bridgehead atoms. The van der Waals surface area contributed by atoms with Crippen LogP contribution >= 0.6 is 0 Å². The van der Waals surface area contributed by atoms with Crippen LogP contribution in [-0.2, 0) is 6.42 Å². The first-order valence-electron chi connectivity index (χ1n) is 7.66. The predicted octanol–water partition coefficient (Wildman–Crippen LogP) is 3.32. The molecule has 1 unspecified atom stereocenters. The fourth-order valence-corrected chi connectivity index (χ4v) is 3.02. The molecule has 0 radical (unpaired) electrons. The quantitative estimate of drug-likeness (QED) is 0.801. The van der Waals surface area contributed by atoms with Crippen molar-refractivity contribution in [3.8, 4) is 0 Å². The molecule has 21 heavy (non-hydrogen) atoms. The average Bonchev–Trinajstić information content (AvgIpc) is 2.79. The molecule has 4 nitrogen and oxygen atoms in total. The van der Waals surface area contributed by atoms with Crippen molar-refractivity contribution in [2.45, 2.75) is 53.5 Å². The second-order valence-corrected chi connectivity index (χ2v) is 5.88. The van der Waals surface area contributed by atoms with Crippen molar-refractivity contribution in [1.29, 1.82) is 0 Å². The lowest BCUT2D eigenvalue weighted by atomic mass is 10.00. The Morgan fingerprint density at radius 3 is 2.62 bits per heavy atom. The van der Waals surface area contributed by atoms with Crippen LogP contribution in [0, 0.1) is 27.7 Å². The van der Waals surface area contributed by atoms with Gasteiger partial charge >= 0.3 is 0 Å². The Labute approximate surface area is 127 Å². The highest BCUT2D eigenvalue weighted by atomic mass is 15.1. The van der Waals surface area contributed by atoms with Gasteiger partial charge in [0, 0.05) is 23.1 Å². The number of hydrogen-bond acceptors (Lipinski definition) is 3. The largest absolute Gasteiger partial charge is 0.310 e. The first-order chi connectivity index (χ1) is 9.99. The number of pyridine rings is 1. The number of nitrogens with zero attached hydrogens (tertiary/aromatic N) is 2. The molecule has 114 valence electrons. The minimum absolute atomic E-state index is 0.337. The van der Waals surface area contributed by atoms with E-state index in [4.69, 9.17) is 0 Å². The molecular weight excluding hydrogens is 260 g/mol. The van der Waals surface area contributed by atoms with Crippen LogP contribution in [0.1, 0.15) is 53.2 Å². The lowest BCUT2D eigenvalue weighted by molar-refractivity contribution is 0.551. The number of H-pyrrole nitrogens is 1. The van der Waals surface area contributed by atoms with Crippen LogP contribution < -0.4 is 5.32 Å². The normalized spacial score (nSPS) is 12.6. The summed E-state index contributed by atoms with van der Waals surface area (Å²) in [5.41, 5.74) is 7.38. The van der Waals surface area contributed by atoms with Crippen molar-refractivity contribution < 1.29 is 0 Å². The maximum absolute atomic E-state index is 4.58. The number of nitrogens with one attached hydrogen (secondary N) is 2. The fourth-order valence-electron chi connectivity index (χ4n) is 3.02. The molecule has 0 aliphatic carbocycles. The van der Waals surface area contributed by atoms with Crippen LogP contribution in [0.2, 0.25) is 0 Å². The van der Waals surface area contributed by atoms with E-state index in [-0.39, 0.29) is 0 Å². The number of aryl methyl sites for hydroxylation is 5. The van der Waals surface area contributed by atoms with Crippen molar-refractivity contribution in [2.75, 3.05) is 6.54 Å². The third-order valence-electron chi connectivity index (χ3n) is 4.02. The van der Waals surface area contributed by atoms with Gasteiger partial charge in [-0.05, 0) is 76.8 Å². The molecule has 0 aliphatic rings. The van der Waals surface area contributed by atoms with Crippen LogP contribution in [-0.4, -0.2) is 21.7 Å². The summed E-state index contributed by atoms with van der Waals surface area (Å²) in [5, 5.41) is 10.7. The van der Waals surface area contributed by atoms with Crippen molar-refractivity contribution in [1.82, 2.24) is 20.5 Å². The Bertz CT molecular complexity index is 578. The summed E-state index contributed by atoms with van der Waals surface area (Å²) in [6.45, 7) is 11.6. The Hall–Kier alpha value is -1.68. The Morgan fingerprint density at radius 2 is 2.00 bits per heavy atom. The summed E-state index contributed by atoms with van der Waals surface area (Å²) in [4.78, 5) is 4.58. The molecular formula is C17H26N4. The van der Waals surface area contributed by atoms with Crippen molar-refractivity contribution in [3.63, 3.8) is 0 Å². The summed E-state index contributed by atoms with van der Waals surface area (Å²) >= 11 is 0. The molecule has 0 saturated heterocycles. The van der Waals surface area contributed by atoms with E-state index in [1.54, 1.807) is 0 Å². The molecule has 4 heteroatoms. The second kappa shape index (κ2) is 6.85. The Balaban J connectivity index is 1.88. The average molecular weight is 286 g/mol. The van der Waals surface area contributed by atoms with Crippen LogP contribution in [0.15, 0.2) is 12.3 Å². The van der Waals surface area contributed by atoms with Gasteiger partial charge < -0.3 is 5.32 Å². The first kappa shape index (κ1) is 15.7. The first-order valence-corrected chi connectivity index (χ1v) is 7.66. The van der Waals surface area contributed by atoms with Gasteiger partial charge in [-0.3, -0.25) is 10.1 Å². The maximum atomic E-state index is 4.58. The molecule has 0 aliphatic heterocycles. The summed E-state index contributed by atoms with van der Waals surface area (Å²) in [5.74, 6) is 0. The van der Waals surface area contributed by atoms with Gasteiger partial charge in [0.25, 0.3) is 0 Å². The van der Waals surface area contributed by atoms with E-state index >= 15 is 0 Å². The number of aromatic nitrogens is 3. The molecule has 0 saturated carbocycles. The van der Waals surface area contributed by atoms with Crippen molar-refractivity contribution in [2.24, 2.45) is 0 Å². The zero-order valence-electron chi connectivity index (χ0n) is 13.7. The van der Waals surface area contributed by atoms with E-state index in [1.807, 2.05) is 6.20 Å². The highest BCUT2D eigenvalue weighted by molar-refractivity contribution is 5.33. The van der Waals surface area contributed by atoms with E-state index in [0.717, 1.165) is 30.8 Å². The SMILES string of the molecule is Cc1cc(C)c(C(C)NCCCc2cn[nH]c2C)c(C)n1. The van der Waals surface area contributed by atoms with Gasteiger partial charge in [-0.25, -0.2) is 0 Å². The van der Waals surface area contributed by atoms with Crippen LogP contribution in [0.3, 0.4) is 0 Å². The van der Waals surface area contributed by atoms with Gasteiger partial charge in [0.15, 0.2) is 0 Å². The molecule has 2 N–H and O–H groups in total. The molecule has 2 aromatic heterocycles. The molecule has 0 spiro atoms. The molecule has 0 aromatic carbocycles. The molecule has 1 atom stereocenters. The van der Waals surface area contributed by atoms with E-state index < -0.39 is 0 Å². The topological polar surface area (TPSA) is 53.6 Å². The lowest BCUT2D eigenvalue weighted by Crippen LogP contribution is -2.22. The van der Waals surface area contributed by atoms with E-state index in [9.17, 15) is 0 Å². The van der Waals surface area contributed by atoms with Crippen molar-refractivity contribution >= 4 is 0 Å². The Kier molecular flexibility index (Phi) is 5.12.